The summed E-state index contributed by atoms with van der Waals surface area (Å²) in [4.78, 5) is 8.34. The number of fused-ring (bicyclic) bond motifs is 1. The van der Waals surface area contributed by atoms with Gasteiger partial charge in [-0.05, 0) is 26.3 Å². The lowest BCUT2D eigenvalue weighted by Gasteiger charge is -2.37. The number of ether oxygens (including phenoxy) is 1. The van der Waals surface area contributed by atoms with E-state index in [4.69, 9.17) is 4.74 Å². The largest absolute Gasteiger partial charge is 0.374 e. The van der Waals surface area contributed by atoms with Crippen LogP contribution in [0.5, 0.6) is 0 Å². The van der Waals surface area contributed by atoms with Crippen molar-refractivity contribution < 1.29 is 4.74 Å². The van der Waals surface area contributed by atoms with Crippen molar-refractivity contribution in [3.63, 3.8) is 0 Å². The number of nitrogens with one attached hydrogen (secondary N) is 1. The zero-order valence-corrected chi connectivity index (χ0v) is 11.0. The maximum Gasteiger partial charge on any atom is 0.185 e. The maximum atomic E-state index is 5.83. The van der Waals surface area contributed by atoms with Crippen molar-refractivity contribution in [3.05, 3.63) is 11.1 Å². The summed E-state index contributed by atoms with van der Waals surface area (Å²) in [6.45, 7) is 2.76. The second kappa shape index (κ2) is 4.92. The Bertz CT molecular complexity index is 382. The monoisotopic (exact) mass is 253 g/mol. The molecule has 1 N–H and O–H groups in total. The van der Waals surface area contributed by atoms with Crippen LogP contribution < -0.4 is 10.2 Å². The number of hydrogen-bond donors (Lipinski definition) is 1. The lowest BCUT2D eigenvalue weighted by atomic mass is 10.1. The summed E-state index contributed by atoms with van der Waals surface area (Å²) in [5.41, 5.74) is 0. The minimum Gasteiger partial charge on any atom is -0.374 e. The first-order valence-corrected chi connectivity index (χ1v) is 7.17. The Morgan fingerprint density at radius 3 is 3.41 bits per heavy atom. The molecule has 94 valence electrons. The van der Waals surface area contributed by atoms with E-state index in [1.807, 2.05) is 24.6 Å². The summed E-state index contributed by atoms with van der Waals surface area (Å²) in [6.07, 6.45) is 6.21. The van der Waals surface area contributed by atoms with Gasteiger partial charge >= 0.3 is 0 Å². The fourth-order valence-electron chi connectivity index (χ4n) is 2.85. The molecule has 2 unspecified atom stereocenters. The number of thiazole rings is 1. The molecular weight excluding hydrogens is 234 g/mol. The second-order valence-electron chi connectivity index (χ2n) is 4.74. The van der Waals surface area contributed by atoms with E-state index in [9.17, 15) is 0 Å². The molecule has 0 radical (unpaired) electrons. The highest BCUT2D eigenvalue weighted by Crippen LogP contribution is 2.34. The minimum absolute atomic E-state index is 0.445. The lowest BCUT2D eigenvalue weighted by Crippen LogP contribution is -2.48. The molecular formula is C12H19N3OS. The third-order valence-corrected chi connectivity index (χ3v) is 4.65. The quantitative estimate of drug-likeness (QED) is 0.888. The smallest absolute Gasteiger partial charge is 0.185 e. The van der Waals surface area contributed by atoms with Crippen molar-refractivity contribution >= 4 is 16.5 Å². The van der Waals surface area contributed by atoms with E-state index in [2.05, 4.69) is 15.2 Å². The van der Waals surface area contributed by atoms with Crippen molar-refractivity contribution in [1.82, 2.24) is 10.3 Å². The second-order valence-corrected chi connectivity index (χ2v) is 5.83. The Morgan fingerprint density at radius 2 is 2.53 bits per heavy atom. The average Bonchev–Trinajstić information content (AvgIpc) is 2.96. The molecule has 2 atom stereocenters. The van der Waals surface area contributed by atoms with E-state index < -0.39 is 0 Å². The van der Waals surface area contributed by atoms with Crippen LogP contribution in [0.2, 0.25) is 0 Å². The van der Waals surface area contributed by atoms with E-state index in [0.29, 0.717) is 12.1 Å². The molecule has 5 heteroatoms. The van der Waals surface area contributed by atoms with Gasteiger partial charge in [0.15, 0.2) is 5.13 Å². The highest BCUT2D eigenvalue weighted by Gasteiger charge is 2.37. The van der Waals surface area contributed by atoms with Crippen LogP contribution in [0, 0.1) is 0 Å². The third-order valence-electron chi connectivity index (χ3n) is 3.62. The molecule has 0 bridgehead atoms. The van der Waals surface area contributed by atoms with Gasteiger partial charge in [-0.15, -0.1) is 11.3 Å². The first-order valence-electron chi connectivity index (χ1n) is 6.36. The van der Waals surface area contributed by atoms with Gasteiger partial charge in [0.25, 0.3) is 0 Å². The minimum atomic E-state index is 0.445. The maximum absolute atomic E-state index is 5.83. The van der Waals surface area contributed by atoms with Gasteiger partial charge < -0.3 is 15.0 Å². The Balaban J connectivity index is 1.77. The molecule has 0 amide bonds. The fraction of sp³-hybridized carbons (Fsp3) is 0.750. The topological polar surface area (TPSA) is 37.4 Å². The molecule has 1 aromatic rings. The van der Waals surface area contributed by atoms with Crippen LogP contribution in [0.1, 0.15) is 24.1 Å². The van der Waals surface area contributed by atoms with Gasteiger partial charge in [-0.3, -0.25) is 0 Å². The van der Waals surface area contributed by atoms with Gasteiger partial charge in [0.05, 0.1) is 18.8 Å². The van der Waals surface area contributed by atoms with Crippen molar-refractivity contribution in [3.8, 4) is 0 Å². The van der Waals surface area contributed by atoms with Gasteiger partial charge in [-0.25, -0.2) is 4.98 Å². The van der Waals surface area contributed by atoms with E-state index in [-0.39, 0.29) is 0 Å². The van der Waals surface area contributed by atoms with Crippen LogP contribution in [0.15, 0.2) is 6.20 Å². The van der Waals surface area contributed by atoms with Crippen LogP contribution in [0.4, 0.5) is 5.13 Å². The van der Waals surface area contributed by atoms with Crippen molar-refractivity contribution in [1.29, 1.82) is 0 Å². The van der Waals surface area contributed by atoms with Crippen LogP contribution in [-0.2, 0) is 11.3 Å². The Labute approximate surface area is 106 Å². The Kier molecular flexibility index (Phi) is 3.31. The molecule has 1 saturated heterocycles. The predicted octanol–water partition coefficient (Wildman–Crippen LogP) is 1.62. The molecule has 3 rings (SSSR count). The summed E-state index contributed by atoms with van der Waals surface area (Å²) in [5.74, 6) is 0. The number of hydrogen-bond acceptors (Lipinski definition) is 5. The van der Waals surface area contributed by atoms with Gasteiger partial charge in [-0.1, -0.05) is 0 Å². The molecule has 1 aliphatic carbocycles. The van der Waals surface area contributed by atoms with Crippen LogP contribution >= 0.6 is 11.3 Å². The lowest BCUT2D eigenvalue weighted by molar-refractivity contribution is 0.0256. The zero-order chi connectivity index (χ0) is 11.7. The number of morpholine rings is 1. The number of nitrogens with zero attached hydrogens (tertiary/aromatic N) is 2. The summed E-state index contributed by atoms with van der Waals surface area (Å²) in [5, 5.41) is 4.35. The molecule has 2 heterocycles. The molecule has 4 nitrogen and oxygen atoms in total. The molecule has 17 heavy (non-hydrogen) atoms. The molecule has 1 saturated carbocycles. The Hall–Kier alpha value is -0.650. The first kappa shape index (κ1) is 11.4. The van der Waals surface area contributed by atoms with Crippen molar-refractivity contribution in [2.24, 2.45) is 0 Å². The standard InChI is InChI=1S/C12H19N3OS/c1-13-7-9-8-14-12(17-9)15-5-6-16-11-4-2-3-10(11)15/h8,10-11,13H,2-7H2,1H3. The molecule has 2 aliphatic rings. The van der Waals surface area contributed by atoms with Crippen LogP contribution in [0.25, 0.3) is 0 Å². The first-order chi connectivity index (χ1) is 8.38. The third kappa shape index (κ3) is 2.19. The van der Waals surface area contributed by atoms with E-state index in [1.54, 1.807) is 0 Å². The summed E-state index contributed by atoms with van der Waals surface area (Å²) in [6, 6.07) is 0.567. The number of aromatic nitrogens is 1. The van der Waals surface area contributed by atoms with E-state index in [0.717, 1.165) is 19.7 Å². The summed E-state index contributed by atoms with van der Waals surface area (Å²) in [7, 11) is 1.97. The van der Waals surface area contributed by atoms with Crippen LogP contribution in [0.3, 0.4) is 0 Å². The molecule has 1 aliphatic heterocycles. The van der Waals surface area contributed by atoms with E-state index in [1.165, 1.54) is 29.3 Å². The van der Waals surface area contributed by atoms with E-state index >= 15 is 0 Å². The van der Waals surface area contributed by atoms with Gasteiger partial charge in [0, 0.05) is 24.2 Å². The normalized spacial score (nSPS) is 28.4. The SMILES string of the molecule is CNCc1cnc(N2CCOC3CCCC32)s1. The van der Waals surface area contributed by atoms with Gasteiger partial charge in [0.1, 0.15) is 0 Å². The highest BCUT2D eigenvalue weighted by atomic mass is 32.1. The molecule has 1 aromatic heterocycles. The zero-order valence-electron chi connectivity index (χ0n) is 10.2. The number of rotatable bonds is 3. The van der Waals surface area contributed by atoms with Gasteiger partial charge in [-0.2, -0.15) is 0 Å². The summed E-state index contributed by atoms with van der Waals surface area (Å²) < 4.78 is 5.83. The fourth-order valence-corrected chi connectivity index (χ4v) is 3.85. The molecule has 0 aromatic carbocycles. The Morgan fingerprint density at radius 1 is 1.59 bits per heavy atom. The summed E-state index contributed by atoms with van der Waals surface area (Å²) >= 11 is 1.81. The average molecular weight is 253 g/mol. The van der Waals surface area contributed by atoms with Crippen LogP contribution in [-0.4, -0.2) is 37.3 Å². The predicted molar refractivity (Wildman–Crippen MR) is 69.6 cm³/mol. The van der Waals surface area contributed by atoms with Crippen molar-refractivity contribution in [2.45, 2.75) is 38.0 Å². The molecule has 0 spiro atoms. The van der Waals surface area contributed by atoms with Crippen molar-refractivity contribution in [2.75, 3.05) is 25.1 Å². The van der Waals surface area contributed by atoms with Gasteiger partial charge in [0.2, 0.25) is 0 Å². The highest BCUT2D eigenvalue weighted by molar-refractivity contribution is 7.15. The number of anilines is 1. The molecule has 2 fully saturated rings.